The van der Waals surface area contributed by atoms with Crippen LogP contribution in [0, 0.1) is 6.92 Å². The summed E-state index contributed by atoms with van der Waals surface area (Å²) in [4.78, 5) is 13.3. The molecule has 0 aromatic heterocycles. The molecule has 1 amide bonds. The van der Waals surface area contributed by atoms with Crippen LogP contribution in [0.25, 0.3) is 0 Å². The van der Waals surface area contributed by atoms with Crippen molar-refractivity contribution in [3.05, 3.63) is 101 Å². The van der Waals surface area contributed by atoms with Crippen LogP contribution in [0.5, 0.6) is 0 Å². The van der Waals surface area contributed by atoms with Gasteiger partial charge in [0.25, 0.3) is 0 Å². The topological polar surface area (TPSA) is 66.5 Å². The van der Waals surface area contributed by atoms with E-state index in [-0.39, 0.29) is 0 Å². The molecule has 0 bridgehead atoms. The third-order valence-electron chi connectivity index (χ3n) is 5.07. The van der Waals surface area contributed by atoms with Crippen molar-refractivity contribution in [2.75, 3.05) is 10.6 Å². The minimum Gasteiger partial charge on any atom is -0.343 e. The van der Waals surface area contributed by atoms with E-state index in [4.69, 9.17) is 11.6 Å². The number of benzene rings is 3. The van der Waals surface area contributed by atoms with Crippen molar-refractivity contribution in [3.63, 3.8) is 0 Å². The maximum Gasteiger partial charge on any atom is 0.244 e. The highest BCUT2D eigenvalue weighted by Gasteiger charge is 2.31. The van der Waals surface area contributed by atoms with Gasteiger partial charge in [-0.2, -0.15) is 0 Å². The Morgan fingerprint density at radius 3 is 2.23 bits per heavy atom. The Balaban J connectivity index is 1.98. The van der Waals surface area contributed by atoms with Gasteiger partial charge in [-0.3, -0.25) is 9.10 Å². The quantitative estimate of drug-likeness (QED) is 0.560. The number of hydrogen-bond donors (Lipinski definition) is 1. The van der Waals surface area contributed by atoms with Gasteiger partial charge in [-0.1, -0.05) is 72.3 Å². The lowest BCUT2D eigenvalue weighted by Gasteiger charge is -2.30. The van der Waals surface area contributed by atoms with Gasteiger partial charge in [-0.25, -0.2) is 8.42 Å². The number of sulfonamides is 1. The molecular formula is C24H25ClN2O3S. The van der Waals surface area contributed by atoms with Crippen LogP contribution in [0.1, 0.15) is 29.7 Å². The summed E-state index contributed by atoms with van der Waals surface area (Å²) < 4.78 is 26.2. The monoisotopic (exact) mass is 456 g/mol. The van der Waals surface area contributed by atoms with Crippen molar-refractivity contribution in [1.29, 1.82) is 0 Å². The Morgan fingerprint density at radius 2 is 1.61 bits per heavy atom. The van der Waals surface area contributed by atoms with E-state index in [2.05, 4.69) is 5.32 Å². The Bertz CT molecular complexity index is 1170. The number of carbonyl (C=O) groups excluding carboxylic acids is 1. The first-order valence-electron chi connectivity index (χ1n) is 9.84. The van der Waals surface area contributed by atoms with E-state index in [1.54, 1.807) is 25.1 Å². The minimum atomic E-state index is -3.74. The molecule has 0 fully saturated rings. The van der Waals surface area contributed by atoms with Gasteiger partial charge >= 0.3 is 0 Å². The number of aryl methyl sites for hydroxylation is 1. The lowest BCUT2D eigenvalue weighted by Crippen LogP contribution is -2.48. The second-order valence-electron chi connectivity index (χ2n) is 7.42. The van der Waals surface area contributed by atoms with Crippen molar-refractivity contribution < 1.29 is 13.2 Å². The predicted molar refractivity (Wildman–Crippen MR) is 126 cm³/mol. The number of rotatable bonds is 7. The maximum absolute atomic E-state index is 13.3. The predicted octanol–water partition coefficient (Wildman–Crippen LogP) is 4.71. The second kappa shape index (κ2) is 9.54. The van der Waals surface area contributed by atoms with Gasteiger partial charge in [-0.05, 0) is 48.7 Å². The molecule has 0 aliphatic heterocycles. The molecule has 0 aliphatic rings. The van der Waals surface area contributed by atoms with Gasteiger partial charge in [0.1, 0.15) is 6.04 Å². The Hall–Kier alpha value is -2.83. The number of carbonyl (C=O) groups is 1. The van der Waals surface area contributed by atoms with Gasteiger partial charge in [0.05, 0.1) is 18.0 Å². The SMILES string of the molecule is Cc1ccccc1[C@H](NC(=O)[C@H](C)N(c1cccc(Cl)c1)S(C)(=O)=O)c1ccccc1. The van der Waals surface area contributed by atoms with E-state index in [0.717, 1.165) is 27.3 Å². The van der Waals surface area contributed by atoms with Crippen LogP contribution < -0.4 is 9.62 Å². The van der Waals surface area contributed by atoms with E-state index in [0.29, 0.717) is 10.7 Å². The minimum absolute atomic E-state index is 0.338. The fraction of sp³-hybridized carbons (Fsp3) is 0.208. The van der Waals surface area contributed by atoms with E-state index < -0.39 is 28.0 Å². The van der Waals surface area contributed by atoms with Gasteiger partial charge < -0.3 is 5.32 Å². The molecule has 3 rings (SSSR count). The first-order chi connectivity index (χ1) is 14.7. The van der Waals surface area contributed by atoms with Crippen molar-refractivity contribution in [2.45, 2.75) is 25.9 Å². The zero-order valence-electron chi connectivity index (χ0n) is 17.6. The number of anilines is 1. The van der Waals surface area contributed by atoms with Crippen LogP contribution in [0.3, 0.4) is 0 Å². The van der Waals surface area contributed by atoms with E-state index >= 15 is 0 Å². The third kappa shape index (κ3) is 5.46. The normalized spacial score (nSPS) is 13.3. The van der Waals surface area contributed by atoms with Crippen molar-refractivity contribution >= 4 is 33.2 Å². The van der Waals surface area contributed by atoms with Crippen molar-refractivity contribution in [2.24, 2.45) is 0 Å². The molecule has 0 aliphatic carbocycles. The van der Waals surface area contributed by atoms with Crippen LogP contribution in [-0.4, -0.2) is 26.6 Å². The molecule has 5 nitrogen and oxygen atoms in total. The lowest BCUT2D eigenvalue weighted by molar-refractivity contribution is -0.122. The van der Waals surface area contributed by atoms with Gasteiger partial charge in [0, 0.05) is 5.02 Å². The molecule has 3 aromatic carbocycles. The largest absolute Gasteiger partial charge is 0.343 e. The molecular weight excluding hydrogens is 432 g/mol. The molecule has 0 saturated carbocycles. The standard InChI is InChI=1S/C24H25ClN2O3S/c1-17-10-7-8-15-22(17)23(19-11-5-4-6-12-19)26-24(28)18(2)27(31(3,29)30)21-14-9-13-20(25)16-21/h4-16,18,23H,1-3H3,(H,26,28)/t18-,23+/m0/s1. The summed E-state index contributed by atoms with van der Waals surface area (Å²) in [7, 11) is -3.74. The zero-order chi connectivity index (χ0) is 22.6. The van der Waals surface area contributed by atoms with Crippen LogP contribution in [0.15, 0.2) is 78.9 Å². The Labute approximate surface area is 188 Å². The summed E-state index contributed by atoms with van der Waals surface area (Å²) in [5, 5.41) is 3.44. The summed E-state index contributed by atoms with van der Waals surface area (Å²) in [6, 6.07) is 22.5. The highest BCUT2D eigenvalue weighted by Crippen LogP contribution is 2.27. The molecule has 162 valence electrons. The molecule has 0 unspecified atom stereocenters. The van der Waals surface area contributed by atoms with E-state index in [1.807, 2.05) is 61.5 Å². The summed E-state index contributed by atoms with van der Waals surface area (Å²) in [6.07, 6.45) is 1.08. The second-order valence-corrected chi connectivity index (χ2v) is 9.72. The van der Waals surface area contributed by atoms with Crippen LogP contribution in [0.4, 0.5) is 5.69 Å². The molecule has 31 heavy (non-hydrogen) atoms. The number of hydrogen-bond acceptors (Lipinski definition) is 3. The number of halogens is 1. The van der Waals surface area contributed by atoms with Gasteiger partial charge in [0.15, 0.2) is 0 Å². The van der Waals surface area contributed by atoms with Gasteiger partial charge in [-0.15, -0.1) is 0 Å². The first-order valence-corrected chi connectivity index (χ1v) is 12.1. The Kier molecular flexibility index (Phi) is 7.03. The molecule has 2 atom stereocenters. The molecule has 0 radical (unpaired) electrons. The number of amides is 1. The average Bonchev–Trinajstić information content (AvgIpc) is 2.72. The van der Waals surface area contributed by atoms with Gasteiger partial charge in [0.2, 0.25) is 15.9 Å². The van der Waals surface area contributed by atoms with Crippen molar-refractivity contribution in [1.82, 2.24) is 5.32 Å². The molecule has 1 N–H and O–H groups in total. The van der Waals surface area contributed by atoms with E-state index in [1.165, 1.54) is 6.07 Å². The van der Waals surface area contributed by atoms with E-state index in [9.17, 15) is 13.2 Å². The number of nitrogens with one attached hydrogen (secondary N) is 1. The fourth-order valence-corrected chi connectivity index (χ4v) is 4.93. The molecule has 0 heterocycles. The smallest absolute Gasteiger partial charge is 0.244 e. The fourth-order valence-electron chi connectivity index (χ4n) is 3.58. The molecule has 3 aromatic rings. The van der Waals surface area contributed by atoms with Crippen molar-refractivity contribution in [3.8, 4) is 0 Å². The lowest BCUT2D eigenvalue weighted by atomic mass is 9.94. The van der Waals surface area contributed by atoms with Crippen LogP contribution in [0.2, 0.25) is 5.02 Å². The summed E-state index contributed by atoms with van der Waals surface area (Å²) >= 11 is 6.06. The average molecular weight is 457 g/mol. The molecule has 0 saturated heterocycles. The highest BCUT2D eigenvalue weighted by atomic mass is 35.5. The first kappa shape index (κ1) is 22.8. The maximum atomic E-state index is 13.3. The van der Waals surface area contributed by atoms with Crippen LogP contribution in [-0.2, 0) is 14.8 Å². The summed E-state index contributed by atoms with van der Waals surface area (Å²) in [5.41, 5.74) is 3.22. The molecule has 7 heteroatoms. The van der Waals surface area contributed by atoms with Crippen LogP contribution >= 0.6 is 11.6 Å². The zero-order valence-corrected chi connectivity index (χ0v) is 19.2. The highest BCUT2D eigenvalue weighted by molar-refractivity contribution is 7.92. The molecule has 0 spiro atoms. The third-order valence-corrected chi connectivity index (χ3v) is 6.55. The summed E-state index contributed by atoms with van der Waals surface area (Å²) in [6.45, 7) is 3.55. The Morgan fingerprint density at radius 1 is 0.968 bits per heavy atom. The number of nitrogens with zero attached hydrogens (tertiary/aromatic N) is 1. The summed E-state index contributed by atoms with van der Waals surface area (Å²) in [5.74, 6) is -0.414.